The predicted molar refractivity (Wildman–Crippen MR) is 94.2 cm³/mol. The lowest BCUT2D eigenvalue weighted by atomic mass is 10.1. The molecule has 2 aromatic rings. The molecule has 1 amide bonds. The Balaban J connectivity index is 2.35. The van der Waals surface area contributed by atoms with E-state index in [1.54, 1.807) is 13.8 Å². The molecule has 0 spiro atoms. The van der Waals surface area contributed by atoms with Crippen LogP contribution in [-0.2, 0) is 16.0 Å². The molecule has 2 rings (SSSR count). The fourth-order valence-electron chi connectivity index (χ4n) is 2.16. The van der Waals surface area contributed by atoms with Crippen molar-refractivity contribution in [1.82, 2.24) is 10.3 Å². The van der Waals surface area contributed by atoms with Gasteiger partial charge in [-0.05, 0) is 44.2 Å². The van der Waals surface area contributed by atoms with Crippen LogP contribution in [0.5, 0.6) is 0 Å². The molecule has 1 aromatic heterocycles. The Bertz CT molecular complexity index is 988. The smallest absolute Gasteiger partial charge is 0.397 e. The van der Waals surface area contributed by atoms with E-state index in [1.165, 1.54) is 0 Å². The number of nitrogen functional groups attached to an aromatic ring is 1. The summed E-state index contributed by atoms with van der Waals surface area (Å²) in [5.41, 5.74) is 3.33. The molecule has 0 aliphatic rings. The quantitative estimate of drug-likeness (QED) is 0.684. The van der Waals surface area contributed by atoms with E-state index in [-0.39, 0.29) is 27.8 Å². The second kappa shape index (κ2) is 7.40. The maximum atomic E-state index is 12.6. The molecule has 0 unspecified atom stereocenters. The van der Waals surface area contributed by atoms with Crippen molar-refractivity contribution in [2.75, 3.05) is 12.3 Å². The highest BCUT2D eigenvalue weighted by Gasteiger charge is 2.31. The SMILES string of the molecule is CC(C)(CO)NC(=O)c1ncc(S(=O)(=O)c2ccc(C(F)(F)F)cc2)cc1N. The van der Waals surface area contributed by atoms with Crippen LogP contribution in [0.1, 0.15) is 29.9 Å². The summed E-state index contributed by atoms with van der Waals surface area (Å²) >= 11 is 0. The topological polar surface area (TPSA) is 122 Å². The van der Waals surface area contributed by atoms with Crippen LogP contribution in [0.3, 0.4) is 0 Å². The van der Waals surface area contributed by atoms with Crippen molar-refractivity contribution in [2.45, 2.75) is 35.4 Å². The van der Waals surface area contributed by atoms with Crippen LogP contribution in [0.25, 0.3) is 0 Å². The lowest BCUT2D eigenvalue weighted by Crippen LogP contribution is -2.46. The van der Waals surface area contributed by atoms with E-state index < -0.39 is 33.0 Å². The average molecular weight is 417 g/mol. The second-order valence-corrected chi connectivity index (χ2v) is 8.58. The standard InChI is InChI=1S/C17H18F3N3O4S/c1-16(2,9-24)23-15(25)14-13(21)7-12(8-22-14)28(26,27)11-5-3-10(4-6-11)17(18,19)20/h3-8,24H,9,21H2,1-2H3,(H,23,25). The van der Waals surface area contributed by atoms with Gasteiger partial charge in [0.1, 0.15) is 0 Å². The number of nitrogens with one attached hydrogen (secondary N) is 1. The molecule has 0 aliphatic heterocycles. The number of pyridine rings is 1. The minimum Gasteiger partial charge on any atom is -0.397 e. The highest BCUT2D eigenvalue weighted by atomic mass is 32.2. The van der Waals surface area contributed by atoms with Gasteiger partial charge in [0.2, 0.25) is 9.84 Å². The van der Waals surface area contributed by atoms with Gasteiger partial charge in [-0.1, -0.05) is 0 Å². The molecule has 0 radical (unpaired) electrons. The first-order chi connectivity index (χ1) is 12.8. The molecule has 11 heteroatoms. The number of nitrogens with two attached hydrogens (primary N) is 1. The largest absolute Gasteiger partial charge is 0.416 e. The van der Waals surface area contributed by atoms with E-state index in [1.807, 2.05) is 0 Å². The van der Waals surface area contributed by atoms with Crippen LogP contribution in [0.4, 0.5) is 18.9 Å². The lowest BCUT2D eigenvalue weighted by molar-refractivity contribution is -0.137. The Kier molecular flexibility index (Phi) is 5.72. The zero-order valence-corrected chi connectivity index (χ0v) is 15.7. The fraction of sp³-hybridized carbons (Fsp3) is 0.294. The molecule has 0 saturated carbocycles. The molecule has 28 heavy (non-hydrogen) atoms. The number of hydrogen-bond acceptors (Lipinski definition) is 6. The first-order valence-electron chi connectivity index (χ1n) is 7.89. The lowest BCUT2D eigenvalue weighted by Gasteiger charge is -2.23. The number of benzene rings is 1. The summed E-state index contributed by atoms with van der Waals surface area (Å²) in [6.07, 6.45) is -3.70. The maximum absolute atomic E-state index is 12.6. The number of aliphatic hydroxyl groups excluding tert-OH is 1. The van der Waals surface area contributed by atoms with Gasteiger partial charge in [0.05, 0.1) is 33.2 Å². The normalized spacial score (nSPS) is 12.6. The van der Waals surface area contributed by atoms with Gasteiger partial charge in [0, 0.05) is 6.20 Å². The Morgan fingerprint density at radius 2 is 1.75 bits per heavy atom. The Morgan fingerprint density at radius 1 is 1.18 bits per heavy atom. The zero-order valence-electron chi connectivity index (χ0n) is 14.9. The van der Waals surface area contributed by atoms with Crippen molar-refractivity contribution in [3.05, 3.63) is 47.8 Å². The number of alkyl halides is 3. The number of carbonyl (C=O) groups is 1. The number of halogens is 3. The van der Waals surface area contributed by atoms with Crippen molar-refractivity contribution >= 4 is 21.4 Å². The molecule has 0 atom stereocenters. The number of nitrogens with zero attached hydrogens (tertiary/aromatic N) is 1. The molecular formula is C17H18F3N3O4S. The molecule has 0 fully saturated rings. The molecular weight excluding hydrogens is 399 g/mol. The summed E-state index contributed by atoms with van der Waals surface area (Å²) in [5.74, 6) is -0.713. The number of amides is 1. The van der Waals surface area contributed by atoms with Crippen LogP contribution in [0.15, 0.2) is 46.3 Å². The Labute approximate surface area is 159 Å². The fourth-order valence-corrected chi connectivity index (χ4v) is 3.40. The van der Waals surface area contributed by atoms with E-state index in [9.17, 15) is 31.5 Å². The Morgan fingerprint density at radius 3 is 2.21 bits per heavy atom. The van der Waals surface area contributed by atoms with Crippen molar-refractivity contribution in [2.24, 2.45) is 0 Å². The number of sulfone groups is 1. The van der Waals surface area contributed by atoms with Crippen molar-refractivity contribution in [1.29, 1.82) is 0 Å². The molecule has 1 heterocycles. The van der Waals surface area contributed by atoms with E-state index in [2.05, 4.69) is 10.3 Å². The van der Waals surface area contributed by atoms with Gasteiger partial charge in [-0.25, -0.2) is 13.4 Å². The molecule has 7 nitrogen and oxygen atoms in total. The summed E-state index contributed by atoms with van der Waals surface area (Å²) in [6, 6.07) is 3.98. The number of hydrogen-bond donors (Lipinski definition) is 3. The van der Waals surface area contributed by atoms with Crippen LogP contribution in [-0.4, -0.2) is 36.6 Å². The summed E-state index contributed by atoms with van der Waals surface area (Å²) in [7, 11) is -4.19. The summed E-state index contributed by atoms with van der Waals surface area (Å²) in [5, 5.41) is 11.7. The molecule has 0 bridgehead atoms. The van der Waals surface area contributed by atoms with Gasteiger partial charge in [0.15, 0.2) is 5.69 Å². The van der Waals surface area contributed by atoms with E-state index >= 15 is 0 Å². The third-order valence-electron chi connectivity index (χ3n) is 3.76. The van der Waals surface area contributed by atoms with Gasteiger partial charge >= 0.3 is 6.18 Å². The molecule has 4 N–H and O–H groups in total. The molecule has 0 aliphatic carbocycles. The second-order valence-electron chi connectivity index (χ2n) is 6.63. The minimum absolute atomic E-state index is 0.237. The van der Waals surface area contributed by atoms with Crippen LogP contribution in [0.2, 0.25) is 0 Å². The minimum atomic E-state index is -4.59. The summed E-state index contributed by atoms with van der Waals surface area (Å²) < 4.78 is 63.1. The third-order valence-corrected chi connectivity index (χ3v) is 5.49. The summed E-state index contributed by atoms with van der Waals surface area (Å²) in [4.78, 5) is 15.2. The molecule has 0 saturated heterocycles. The molecule has 1 aromatic carbocycles. The maximum Gasteiger partial charge on any atom is 0.416 e. The Hall–Kier alpha value is -2.66. The first kappa shape index (κ1) is 21.6. The van der Waals surface area contributed by atoms with E-state index in [4.69, 9.17) is 5.73 Å². The number of aromatic nitrogens is 1. The number of carbonyl (C=O) groups excluding carboxylic acids is 1. The van der Waals surface area contributed by atoms with Crippen LogP contribution in [0, 0.1) is 0 Å². The highest BCUT2D eigenvalue weighted by Crippen LogP contribution is 2.31. The predicted octanol–water partition coefficient (Wildman–Crippen LogP) is 2.02. The van der Waals surface area contributed by atoms with Crippen molar-refractivity contribution in [3.63, 3.8) is 0 Å². The van der Waals surface area contributed by atoms with Gasteiger partial charge in [-0.2, -0.15) is 13.2 Å². The van der Waals surface area contributed by atoms with Crippen molar-refractivity contribution < 1.29 is 31.5 Å². The van der Waals surface area contributed by atoms with Gasteiger partial charge in [-0.15, -0.1) is 0 Å². The van der Waals surface area contributed by atoms with Crippen LogP contribution < -0.4 is 11.1 Å². The average Bonchev–Trinajstić information content (AvgIpc) is 2.60. The number of rotatable bonds is 5. The molecule has 152 valence electrons. The van der Waals surface area contributed by atoms with Crippen molar-refractivity contribution in [3.8, 4) is 0 Å². The van der Waals surface area contributed by atoms with Gasteiger partial charge in [-0.3, -0.25) is 4.79 Å². The highest BCUT2D eigenvalue weighted by molar-refractivity contribution is 7.91. The van der Waals surface area contributed by atoms with Gasteiger partial charge in [0.25, 0.3) is 5.91 Å². The zero-order chi connectivity index (χ0) is 21.3. The third kappa shape index (κ3) is 4.60. The summed E-state index contributed by atoms with van der Waals surface area (Å²) in [6.45, 7) is 2.77. The number of aliphatic hydroxyl groups is 1. The first-order valence-corrected chi connectivity index (χ1v) is 9.37. The monoisotopic (exact) mass is 417 g/mol. The van der Waals surface area contributed by atoms with E-state index in [0.29, 0.717) is 12.1 Å². The van der Waals surface area contributed by atoms with Gasteiger partial charge < -0.3 is 16.2 Å². The number of anilines is 1. The van der Waals surface area contributed by atoms with Crippen LogP contribution >= 0.6 is 0 Å². The van der Waals surface area contributed by atoms with E-state index in [0.717, 1.165) is 24.4 Å².